The van der Waals surface area contributed by atoms with Crippen LogP contribution in [-0.4, -0.2) is 55.5 Å². The standard InChI is InChI=1S/C20H26N4O/c1-23-11-13-24(14-12-23)16-20(25)21-15-17-7-9-19(10-8-17)22-18-5-3-2-4-6-18/h2-10,22H,11-16H2,1H3,(H,21,25). The van der Waals surface area contributed by atoms with Gasteiger partial charge in [-0.15, -0.1) is 0 Å². The molecule has 5 heteroatoms. The molecule has 1 fully saturated rings. The molecule has 2 aromatic carbocycles. The third-order valence-corrected chi connectivity index (χ3v) is 4.47. The number of anilines is 2. The molecule has 2 aromatic rings. The average molecular weight is 338 g/mol. The first kappa shape index (κ1) is 17.5. The van der Waals surface area contributed by atoms with Gasteiger partial charge in [0.15, 0.2) is 0 Å². The number of hydrogen-bond donors (Lipinski definition) is 2. The van der Waals surface area contributed by atoms with Crippen LogP contribution in [0.25, 0.3) is 0 Å². The second-order valence-electron chi connectivity index (χ2n) is 6.54. The van der Waals surface area contributed by atoms with Crippen LogP contribution in [0.15, 0.2) is 54.6 Å². The maximum Gasteiger partial charge on any atom is 0.234 e. The molecule has 2 N–H and O–H groups in total. The lowest BCUT2D eigenvalue weighted by Crippen LogP contribution is -2.48. The van der Waals surface area contributed by atoms with Gasteiger partial charge in [0, 0.05) is 44.1 Å². The molecule has 0 aromatic heterocycles. The number of amides is 1. The number of hydrogen-bond acceptors (Lipinski definition) is 4. The monoisotopic (exact) mass is 338 g/mol. The first-order valence-electron chi connectivity index (χ1n) is 8.78. The van der Waals surface area contributed by atoms with Crippen LogP contribution in [0.3, 0.4) is 0 Å². The van der Waals surface area contributed by atoms with Gasteiger partial charge in [0.2, 0.25) is 5.91 Å². The Bertz CT molecular complexity index is 664. The van der Waals surface area contributed by atoms with Gasteiger partial charge in [-0.2, -0.15) is 0 Å². The Morgan fingerprint density at radius 3 is 2.24 bits per heavy atom. The molecule has 1 saturated heterocycles. The molecule has 0 bridgehead atoms. The van der Waals surface area contributed by atoms with Crippen LogP contribution in [0.1, 0.15) is 5.56 Å². The number of carbonyl (C=O) groups is 1. The summed E-state index contributed by atoms with van der Waals surface area (Å²) in [6.07, 6.45) is 0. The SMILES string of the molecule is CN1CCN(CC(=O)NCc2ccc(Nc3ccccc3)cc2)CC1. The molecule has 0 saturated carbocycles. The zero-order valence-electron chi connectivity index (χ0n) is 14.7. The van der Waals surface area contributed by atoms with Gasteiger partial charge in [-0.3, -0.25) is 9.69 Å². The summed E-state index contributed by atoms with van der Waals surface area (Å²) in [6.45, 7) is 5.04. The minimum Gasteiger partial charge on any atom is -0.356 e. The van der Waals surface area contributed by atoms with Crippen molar-refractivity contribution in [1.82, 2.24) is 15.1 Å². The topological polar surface area (TPSA) is 47.6 Å². The fourth-order valence-electron chi connectivity index (χ4n) is 2.86. The van der Waals surface area contributed by atoms with Crippen LogP contribution in [0.2, 0.25) is 0 Å². The van der Waals surface area contributed by atoms with Gasteiger partial charge in [0.1, 0.15) is 0 Å². The Morgan fingerprint density at radius 1 is 0.920 bits per heavy atom. The van der Waals surface area contributed by atoms with Crippen LogP contribution in [0.5, 0.6) is 0 Å². The quantitative estimate of drug-likeness (QED) is 0.848. The third kappa shape index (κ3) is 5.59. The zero-order chi connectivity index (χ0) is 17.5. The van der Waals surface area contributed by atoms with Crippen LogP contribution in [-0.2, 0) is 11.3 Å². The van der Waals surface area contributed by atoms with E-state index in [2.05, 4.69) is 27.5 Å². The molecule has 1 aliphatic heterocycles. The second kappa shape index (κ2) is 8.65. The molecule has 1 aliphatic rings. The number of rotatable bonds is 6. The highest BCUT2D eigenvalue weighted by atomic mass is 16.2. The Balaban J connectivity index is 1.43. The molecule has 0 spiro atoms. The third-order valence-electron chi connectivity index (χ3n) is 4.47. The van der Waals surface area contributed by atoms with E-state index < -0.39 is 0 Å². The van der Waals surface area contributed by atoms with Crippen LogP contribution in [0, 0.1) is 0 Å². The number of nitrogens with zero attached hydrogens (tertiary/aromatic N) is 2. The predicted octanol–water partition coefficient (Wildman–Crippen LogP) is 2.29. The summed E-state index contributed by atoms with van der Waals surface area (Å²) in [7, 11) is 2.12. The van der Waals surface area contributed by atoms with Crippen molar-refractivity contribution >= 4 is 17.3 Å². The molecule has 1 amide bonds. The number of piperazine rings is 1. The van der Waals surface area contributed by atoms with E-state index in [1.165, 1.54) is 0 Å². The Morgan fingerprint density at radius 2 is 1.56 bits per heavy atom. The first-order valence-corrected chi connectivity index (χ1v) is 8.78. The molecular weight excluding hydrogens is 312 g/mol. The van der Waals surface area contributed by atoms with Gasteiger partial charge in [-0.05, 0) is 36.9 Å². The maximum atomic E-state index is 12.1. The van der Waals surface area contributed by atoms with E-state index in [1.54, 1.807) is 0 Å². The van der Waals surface area contributed by atoms with Crippen molar-refractivity contribution in [2.24, 2.45) is 0 Å². The van der Waals surface area contributed by atoms with Crippen molar-refractivity contribution in [3.05, 3.63) is 60.2 Å². The van der Waals surface area contributed by atoms with Gasteiger partial charge in [0.05, 0.1) is 6.54 Å². The average Bonchev–Trinajstić information content (AvgIpc) is 2.64. The Kier molecular flexibility index (Phi) is 6.04. The van der Waals surface area contributed by atoms with Gasteiger partial charge in [-0.25, -0.2) is 0 Å². The van der Waals surface area contributed by atoms with Gasteiger partial charge < -0.3 is 15.5 Å². The molecule has 0 atom stereocenters. The molecule has 0 aliphatic carbocycles. The molecule has 132 valence electrons. The summed E-state index contributed by atoms with van der Waals surface area (Å²) >= 11 is 0. The van der Waals surface area contributed by atoms with Crippen LogP contribution < -0.4 is 10.6 Å². The number of nitrogens with one attached hydrogen (secondary N) is 2. The normalized spacial score (nSPS) is 15.7. The molecule has 0 unspecified atom stereocenters. The van der Waals surface area contributed by atoms with Crippen molar-refractivity contribution in [3.8, 4) is 0 Å². The zero-order valence-corrected chi connectivity index (χ0v) is 14.7. The van der Waals surface area contributed by atoms with E-state index in [9.17, 15) is 4.79 Å². The van der Waals surface area contributed by atoms with Crippen molar-refractivity contribution in [3.63, 3.8) is 0 Å². The summed E-state index contributed by atoms with van der Waals surface area (Å²) in [4.78, 5) is 16.6. The summed E-state index contributed by atoms with van der Waals surface area (Å²) < 4.78 is 0. The molecule has 5 nitrogen and oxygen atoms in total. The number of para-hydroxylation sites is 1. The minimum absolute atomic E-state index is 0.0936. The highest BCUT2D eigenvalue weighted by Crippen LogP contribution is 2.16. The maximum absolute atomic E-state index is 12.1. The lowest BCUT2D eigenvalue weighted by atomic mass is 10.2. The first-order chi connectivity index (χ1) is 12.2. The molecular formula is C20H26N4O. The van der Waals surface area contributed by atoms with E-state index in [1.807, 2.05) is 54.6 Å². The Labute approximate surface area is 149 Å². The van der Waals surface area contributed by atoms with Crippen molar-refractivity contribution < 1.29 is 4.79 Å². The Hall–Kier alpha value is -2.37. The molecule has 0 radical (unpaired) electrons. The van der Waals surface area contributed by atoms with E-state index in [0.29, 0.717) is 13.1 Å². The van der Waals surface area contributed by atoms with Crippen LogP contribution >= 0.6 is 0 Å². The number of likely N-dealkylation sites (N-methyl/N-ethyl adjacent to an activating group) is 1. The van der Waals surface area contributed by atoms with E-state index in [4.69, 9.17) is 0 Å². The van der Waals surface area contributed by atoms with Crippen molar-refractivity contribution in [2.75, 3.05) is 45.1 Å². The van der Waals surface area contributed by atoms with Gasteiger partial charge in [0.25, 0.3) is 0 Å². The highest BCUT2D eigenvalue weighted by Gasteiger charge is 2.16. The summed E-state index contributed by atoms with van der Waals surface area (Å²) in [6, 6.07) is 18.2. The van der Waals surface area contributed by atoms with E-state index >= 15 is 0 Å². The van der Waals surface area contributed by atoms with Gasteiger partial charge in [-0.1, -0.05) is 30.3 Å². The smallest absolute Gasteiger partial charge is 0.234 e. The van der Waals surface area contributed by atoms with Crippen molar-refractivity contribution in [1.29, 1.82) is 0 Å². The summed E-state index contributed by atoms with van der Waals surface area (Å²) in [5.41, 5.74) is 3.21. The lowest BCUT2D eigenvalue weighted by Gasteiger charge is -2.31. The number of benzene rings is 2. The lowest BCUT2D eigenvalue weighted by molar-refractivity contribution is -0.122. The fraction of sp³-hybridized carbons (Fsp3) is 0.350. The predicted molar refractivity (Wildman–Crippen MR) is 102 cm³/mol. The fourth-order valence-corrected chi connectivity index (χ4v) is 2.86. The van der Waals surface area contributed by atoms with Gasteiger partial charge >= 0.3 is 0 Å². The molecule has 3 rings (SSSR count). The summed E-state index contributed by atoms with van der Waals surface area (Å²) in [5, 5.41) is 6.37. The second-order valence-corrected chi connectivity index (χ2v) is 6.54. The molecule has 1 heterocycles. The molecule has 25 heavy (non-hydrogen) atoms. The van der Waals surface area contributed by atoms with E-state index in [0.717, 1.165) is 43.1 Å². The highest BCUT2D eigenvalue weighted by molar-refractivity contribution is 5.78. The minimum atomic E-state index is 0.0936. The van der Waals surface area contributed by atoms with Crippen molar-refractivity contribution in [2.45, 2.75) is 6.54 Å². The largest absolute Gasteiger partial charge is 0.356 e. The number of carbonyl (C=O) groups excluding carboxylic acids is 1. The summed E-state index contributed by atoms with van der Waals surface area (Å²) in [5.74, 6) is 0.0936. The van der Waals surface area contributed by atoms with Crippen LogP contribution in [0.4, 0.5) is 11.4 Å². The van der Waals surface area contributed by atoms with E-state index in [-0.39, 0.29) is 5.91 Å².